The predicted octanol–water partition coefficient (Wildman–Crippen LogP) is 6.22. The van der Waals surface area contributed by atoms with Crippen molar-refractivity contribution in [3.05, 3.63) is 64.5 Å². The zero-order valence-electron chi connectivity index (χ0n) is 22.7. The third-order valence-electron chi connectivity index (χ3n) is 6.99. The fraction of sp³-hybridized carbons (Fsp3) is 0.600. The van der Waals surface area contributed by atoms with Crippen LogP contribution in [0.25, 0.3) is 0 Å². The van der Waals surface area contributed by atoms with E-state index in [-0.39, 0.29) is 12.0 Å². The largest absolute Gasteiger partial charge is 0.395 e. The number of rotatable bonds is 13. The van der Waals surface area contributed by atoms with E-state index in [1.807, 2.05) is 6.07 Å². The molecular formula is C30H45N3O2. The van der Waals surface area contributed by atoms with Gasteiger partial charge in [-0.2, -0.15) is 0 Å². The molecule has 0 fully saturated rings. The highest BCUT2D eigenvalue weighted by atomic mass is 16.6. The van der Waals surface area contributed by atoms with Gasteiger partial charge in [-0.15, -0.1) is 0 Å². The standard InChI is InChI=1S/C30H45N3O2/c1-7-26-18-27-19-33(17-15-29(27)31-28(26)8-2)16-14-24(6)32-35-20-23(5)30(22(3)4)34-21-25-12-10-9-11-13-25/h9-13,18,22-23,30H,7-8,14-17,19-21H2,1-6H3/t23-,30-/m1/s1. The summed E-state index contributed by atoms with van der Waals surface area (Å²) in [5.41, 5.74) is 7.63. The van der Waals surface area contributed by atoms with Crippen LogP contribution in [0.1, 0.15) is 76.0 Å². The van der Waals surface area contributed by atoms with Gasteiger partial charge < -0.3 is 9.57 Å². The van der Waals surface area contributed by atoms with Crippen LogP contribution in [0, 0.1) is 11.8 Å². The summed E-state index contributed by atoms with van der Waals surface area (Å²) in [5, 5.41) is 4.43. The Labute approximate surface area is 212 Å². The minimum absolute atomic E-state index is 0.133. The second-order valence-corrected chi connectivity index (χ2v) is 10.3. The maximum atomic E-state index is 6.26. The van der Waals surface area contributed by atoms with Gasteiger partial charge >= 0.3 is 0 Å². The number of hydrogen-bond donors (Lipinski definition) is 0. The van der Waals surface area contributed by atoms with E-state index >= 15 is 0 Å². The smallest absolute Gasteiger partial charge is 0.122 e. The van der Waals surface area contributed by atoms with Crippen molar-refractivity contribution in [2.75, 3.05) is 19.7 Å². The summed E-state index contributed by atoms with van der Waals surface area (Å²) in [7, 11) is 0. The normalized spacial score (nSPS) is 16.3. The topological polar surface area (TPSA) is 47.0 Å². The number of pyridine rings is 1. The summed E-state index contributed by atoms with van der Waals surface area (Å²) >= 11 is 0. The number of nitrogens with zero attached hydrogens (tertiary/aromatic N) is 3. The SMILES string of the molecule is CCc1cc2c(nc1CC)CCN(CCC(C)=NOC[C@@H](C)[C@H](OCc1ccccc1)C(C)C)C2. The van der Waals surface area contributed by atoms with Gasteiger partial charge in [0.2, 0.25) is 0 Å². The minimum atomic E-state index is 0.133. The minimum Gasteiger partial charge on any atom is -0.395 e. The maximum Gasteiger partial charge on any atom is 0.122 e. The van der Waals surface area contributed by atoms with Crippen molar-refractivity contribution in [1.29, 1.82) is 0 Å². The Bertz CT molecular complexity index is 942. The monoisotopic (exact) mass is 479 g/mol. The number of hydrogen-bond acceptors (Lipinski definition) is 5. The van der Waals surface area contributed by atoms with Crippen LogP contribution in [-0.4, -0.2) is 41.4 Å². The Morgan fingerprint density at radius 2 is 1.89 bits per heavy atom. The summed E-state index contributed by atoms with van der Waals surface area (Å²) in [5.74, 6) is 0.683. The summed E-state index contributed by atoms with van der Waals surface area (Å²) in [6.07, 6.45) is 4.17. The molecule has 5 heteroatoms. The van der Waals surface area contributed by atoms with E-state index in [1.54, 1.807) is 0 Å². The first kappa shape index (κ1) is 27.3. The Morgan fingerprint density at radius 3 is 2.57 bits per heavy atom. The molecule has 0 spiro atoms. The van der Waals surface area contributed by atoms with Gasteiger partial charge in [-0.05, 0) is 42.4 Å². The van der Waals surface area contributed by atoms with E-state index in [0.717, 1.165) is 51.0 Å². The third-order valence-corrected chi connectivity index (χ3v) is 6.99. The number of fused-ring (bicyclic) bond motifs is 1. The van der Waals surface area contributed by atoms with Crippen LogP contribution in [0.3, 0.4) is 0 Å². The number of oxime groups is 1. The highest BCUT2D eigenvalue weighted by molar-refractivity contribution is 5.81. The number of aryl methyl sites for hydroxylation is 2. The molecule has 192 valence electrons. The van der Waals surface area contributed by atoms with Crippen molar-refractivity contribution >= 4 is 5.71 Å². The summed E-state index contributed by atoms with van der Waals surface area (Å²) < 4.78 is 6.26. The second-order valence-electron chi connectivity index (χ2n) is 10.3. The fourth-order valence-electron chi connectivity index (χ4n) is 4.93. The summed E-state index contributed by atoms with van der Waals surface area (Å²) in [6, 6.07) is 12.7. The molecule has 5 nitrogen and oxygen atoms in total. The second kappa shape index (κ2) is 13.7. The van der Waals surface area contributed by atoms with E-state index < -0.39 is 0 Å². The molecule has 35 heavy (non-hydrogen) atoms. The quantitative estimate of drug-likeness (QED) is 0.253. The van der Waals surface area contributed by atoms with Gasteiger partial charge in [0.25, 0.3) is 0 Å². The third kappa shape index (κ3) is 8.15. The van der Waals surface area contributed by atoms with Crippen LogP contribution < -0.4 is 0 Å². The Balaban J connectivity index is 1.44. The molecule has 0 amide bonds. The molecule has 0 radical (unpaired) electrons. The van der Waals surface area contributed by atoms with Gasteiger partial charge in [-0.3, -0.25) is 9.88 Å². The molecular weight excluding hydrogens is 434 g/mol. The molecule has 0 saturated heterocycles. The Morgan fingerprint density at radius 1 is 1.11 bits per heavy atom. The van der Waals surface area contributed by atoms with Gasteiger partial charge in [-0.1, -0.05) is 76.2 Å². The average molecular weight is 480 g/mol. The molecule has 1 aliphatic heterocycles. The van der Waals surface area contributed by atoms with Crippen LogP contribution in [0.5, 0.6) is 0 Å². The molecule has 3 rings (SSSR count). The lowest BCUT2D eigenvalue weighted by Crippen LogP contribution is -2.33. The Kier molecular flexibility index (Phi) is 10.7. The molecule has 2 atom stereocenters. The van der Waals surface area contributed by atoms with E-state index in [9.17, 15) is 0 Å². The number of benzene rings is 1. The van der Waals surface area contributed by atoms with Crippen LogP contribution in [0.15, 0.2) is 41.6 Å². The van der Waals surface area contributed by atoms with Gasteiger partial charge in [-0.25, -0.2) is 0 Å². The zero-order chi connectivity index (χ0) is 25.2. The molecule has 0 bridgehead atoms. The van der Waals surface area contributed by atoms with Gasteiger partial charge in [0.15, 0.2) is 0 Å². The van der Waals surface area contributed by atoms with E-state index in [4.69, 9.17) is 14.6 Å². The molecule has 0 unspecified atom stereocenters. The molecule has 1 aromatic carbocycles. The van der Waals surface area contributed by atoms with Crippen LogP contribution >= 0.6 is 0 Å². The van der Waals surface area contributed by atoms with Crippen molar-refractivity contribution in [2.45, 2.75) is 86.5 Å². The molecule has 1 aliphatic rings. The highest BCUT2D eigenvalue weighted by Crippen LogP contribution is 2.22. The molecule has 0 aliphatic carbocycles. The van der Waals surface area contributed by atoms with E-state index in [2.05, 4.69) is 81.9 Å². The van der Waals surface area contributed by atoms with E-state index in [1.165, 1.54) is 28.1 Å². The van der Waals surface area contributed by atoms with Crippen molar-refractivity contribution in [1.82, 2.24) is 9.88 Å². The maximum absolute atomic E-state index is 6.26. The van der Waals surface area contributed by atoms with Crippen molar-refractivity contribution < 1.29 is 9.57 Å². The number of aromatic nitrogens is 1. The first-order valence-electron chi connectivity index (χ1n) is 13.4. The Hall–Kier alpha value is -2.24. The lowest BCUT2D eigenvalue weighted by atomic mass is 9.95. The lowest BCUT2D eigenvalue weighted by molar-refractivity contribution is -0.0483. The van der Waals surface area contributed by atoms with Crippen LogP contribution in [0.4, 0.5) is 0 Å². The summed E-state index contributed by atoms with van der Waals surface area (Å²) in [6.45, 7) is 17.3. The van der Waals surface area contributed by atoms with Crippen molar-refractivity contribution in [2.24, 2.45) is 17.0 Å². The van der Waals surface area contributed by atoms with Gasteiger partial charge in [0.05, 0.1) is 18.4 Å². The van der Waals surface area contributed by atoms with Gasteiger partial charge in [0.1, 0.15) is 6.61 Å². The van der Waals surface area contributed by atoms with Crippen LogP contribution in [0.2, 0.25) is 0 Å². The van der Waals surface area contributed by atoms with Crippen molar-refractivity contribution in [3.8, 4) is 0 Å². The molecule has 1 aromatic heterocycles. The zero-order valence-corrected chi connectivity index (χ0v) is 22.7. The molecule has 2 aromatic rings. The molecule has 2 heterocycles. The fourth-order valence-corrected chi connectivity index (χ4v) is 4.93. The lowest BCUT2D eigenvalue weighted by Gasteiger charge is -2.29. The highest BCUT2D eigenvalue weighted by Gasteiger charge is 2.23. The van der Waals surface area contributed by atoms with Crippen molar-refractivity contribution in [3.63, 3.8) is 0 Å². The first-order chi connectivity index (χ1) is 16.9. The summed E-state index contributed by atoms with van der Waals surface area (Å²) in [4.78, 5) is 13.3. The molecule has 0 saturated carbocycles. The average Bonchev–Trinajstić information content (AvgIpc) is 2.87. The molecule has 0 N–H and O–H groups in total. The number of ether oxygens (including phenoxy) is 1. The first-order valence-corrected chi connectivity index (χ1v) is 13.4. The van der Waals surface area contributed by atoms with E-state index in [0.29, 0.717) is 19.1 Å². The van der Waals surface area contributed by atoms with Gasteiger partial charge in [0, 0.05) is 49.8 Å². The predicted molar refractivity (Wildman–Crippen MR) is 145 cm³/mol. The van der Waals surface area contributed by atoms with Crippen LogP contribution in [-0.2, 0) is 42.0 Å².